The zero-order valence-electron chi connectivity index (χ0n) is 17.0. The molecule has 1 heterocycles. The Labute approximate surface area is 172 Å². The summed E-state index contributed by atoms with van der Waals surface area (Å²) in [6, 6.07) is 11.6. The first-order valence-electron chi connectivity index (χ1n) is 9.85. The van der Waals surface area contributed by atoms with E-state index in [9.17, 15) is 4.79 Å². The molecule has 0 unspecified atom stereocenters. The number of carbonyl (C=O) groups excluding carboxylic acids is 1. The fourth-order valence-corrected chi connectivity index (χ4v) is 4.33. The van der Waals surface area contributed by atoms with Gasteiger partial charge in [-0.15, -0.1) is 0 Å². The lowest BCUT2D eigenvalue weighted by atomic mass is 9.86. The summed E-state index contributed by atoms with van der Waals surface area (Å²) in [6.45, 7) is 4.80. The van der Waals surface area contributed by atoms with E-state index in [-0.39, 0.29) is 17.9 Å². The van der Waals surface area contributed by atoms with Gasteiger partial charge in [-0.05, 0) is 54.2 Å². The molecule has 0 aromatic heterocycles. The zero-order valence-corrected chi connectivity index (χ0v) is 17.8. The molecule has 1 amide bonds. The summed E-state index contributed by atoms with van der Waals surface area (Å²) in [4.78, 5) is 15.4. The maximum absolute atomic E-state index is 13.4. The van der Waals surface area contributed by atoms with Gasteiger partial charge in [-0.3, -0.25) is 4.79 Å². The van der Waals surface area contributed by atoms with Crippen LogP contribution in [0.1, 0.15) is 49.4 Å². The molecule has 0 radical (unpaired) electrons. The third-order valence-corrected chi connectivity index (χ3v) is 6.04. The van der Waals surface area contributed by atoms with Crippen molar-refractivity contribution in [2.24, 2.45) is 5.92 Å². The zero-order chi connectivity index (χ0) is 20.3. The van der Waals surface area contributed by atoms with E-state index in [1.807, 2.05) is 41.3 Å². The number of ether oxygens (including phenoxy) is 2. The molecule has 0 N–H and O–H groups in total. The van der Waals surface area contributed by atoms with Crippen molar-refractivity contribution in [2.75, 3.05) is 20.8 Å². The Bertz CT molecular complexity index is 848. The molecule has 3 rings (SSSR count). The highest BCUT2D eigenvalue weighted by Crippen LogP contribution is 2.43. The maximum atomic E-state index is 13.4. The average Bonchev–Trinajstić information content (AvgIpc) is 2.73. The molecule has 0 aliphatic carbocycles. The molecule has 0 fully saturated rings. The number of halogens is 1. The van der Waals surface area contributed by atoms with Gasteiger partial charge in [0.1, 0.15) is 0 Å². The lowest BCUT2D eigenvalue weighted by Gasteiger charge is -2.40. The van der Waals surface area contributed by atoms with Crippen LogP contribution in [0.25, 0.3) is 0 Å². The van der Waals surface area contributed by atoms with Crippen LogP contribution in [-0.2, 0) is 11.2 Å². The fraction of sp³-hybridized carbons (Fsp3) is 0.435. The summed E-state index contributed by atoms with van der Waals surface area (Å²) in [5, 5.41) is 0.664. The van der Waals surface area contributed by atoms with Crippen molar-refractivity contribution in [2.45, 2.75) is 39.2 Å². The molecule has 2 aromatic carbocycles. The van der Waals surface area contributed by atoms with Crippen LogP contribution in [0, 0.1) is 5.92 Å². The monoisotopic (exact) mass is 401 g/mol. The first-order chi connectivity index (χ1) is 13.5. The molecule has 0 saturated heterocycles. The van der Waals surface area contributed by atoms with Gasteiger partial charge in [0.25, 0.3) is 0 Å². The van der Waals surface area contributed by atoms with Crippen LogP contribution >= 0.6 is 11.6 Å². The molecular formula is C23H28ClNO3. The predicted octanol–water partition coefficient (Wildman–Crippen LogP) is 5.27. The van der Waals surface area contributed by atoms with Crippen molar-refractivity contribution in [1.29, 1.82) is 0 Å². The molecule has 5 heteroatoms. The lowest BCUT2D eigenvalue weighted by molar-refractivity contribution is -0.137. The highest BCUT2D eigenvalue weighted by Gasteiger charge is 2.36. The quantitative estimate of drug-likeness (QED) is 0.662. The van der Waals surface area contributed by atoms with E-state index >= 15 is 0 Å². The van der Waals surface area contributed by atoms with Crippen LogP contribution in [0.2, 0.25) is 5.02 Å². The van der Waals surface area contributed by atoms with Crippen LogP contribution in [0.15, 0.2) is 36.4 Å². The molecule has 0 spiro atoms. The van der Waals surface area contributed by atoms with Crippen LogP contribution in [0.5, 0.6) is 11.5 Å². The van der Waals surface area contributed by atoms with Gasteiger partial charge in [0.05, 0.1) is 20.3 Å². The minimum Gasteiger partial charge on any atom is -0.493 e. The molecule has 1 atom stereocenters. The minimum absolute atomic E-state index is 0.0201. The summed E-state index contributed by atoms with van der Waals surface area (Å²) in [7, 11) is 3.27. The van der Waals surface area contributed by atoms with Crippen LogP contribution in [0.3, 0.4) is 0 Å². The van der Waals surface area contributed by atoms with Crippen molar-refractivity contribution >= 4 is 17.5 Å². The second kappa shape index (κ2) is 8.87. The highest BCUT2D eigenvalue weighted by atomic mass is 35.5. The number of hydrogen-bond acceptors (Lipinski definition) is 3. The van der Waals surface area contributed by atoms with E-state index in [1.54, 1.807) is 14.2 Å². The van der Waals surface area contributed by atoms with Gasteiger partial charge in [0.15, 0.2) is 11.5 Å². The van der Waals surface area contributed by atoms with Gasteiger partial charge in [-0.25, -0.2) is 0 Å². The largest absolute Gasteiger partial charge is 0.493 e. The summed E-state index contributed by atoms with van der Waals surface area (Å²) in [5.41, 5.74) is 3.16. The Kier molecular flexibility index (Phi) is 6.50. The van der Waals surface area contributed by atoms with Gasteiger partial charge >= 0.3 is 0 Å². The van der Waals surface area contributed by atoms with E-state index in [4.69, 9.17) is 21.1 Å². The summed E-state index contributed by atoms with van der Waals surface area (Å²) >= 11 is 6.58. The Morgan fingerprint density at radius 1 is 1.11 bits per heavy atom. The fourth-order valence-electron chi connectivity index (χ4n) is 4.09. The Morgan fingerprint density at radius 2 is 1.75 bits per heavy atom. The van der Waals surface area contributed by atoms with Crippen LogP contribution in [0.4, 0.5) is 0 Å². The maximum Gasteiger partial charge on any atom is 0.226 e. The van der Waals surface area contributed by atoms with Crippen LogP contribution in [-0.4, -0.2) is 31.6 Å². The number of amides is 1. The van der Waals surface area contributed by atoms with E-state index in [0.717, 1.165) is 36.0 Å². The highest BCUT2D eigenvalue weighted by molar-refractivity contribution is 6.31. The molecule has 1 aliphatic heterocycles. The summed E-state index contributed by atoms with van der Waals surface area (Å²) in [6.07, 6.45) is 2.45. The first-order valence-corrected chi connectivity index (χ1v) is 10.2. The first kappa shape index (κ1) is 20.5. The number of fused-ring (bicyclic) bond motifs is 1. The molecule has 0 saturated carbocycles. The number of carbonyl (C=O) groups is 1. The molecule has 28 heavy (non-hydrogen) atoms. The molecule has 1 aliphatic rings. The second-order valence-corrected chi connectivity index (χ2v) is 7.53. The number of benzene rings is 2. The van der Waals surface area contributed by atoms with E-state index < -0.39 is 0 Å². The third-order valence-electron chi connectivity index (χ3n) is 5.69. The van der Waals surface area contributed by atoms with Crippen molar-refractivity contribution in [3.63, 3.8) is 0 Å². The van der Waals surface area contributed by atoms with Gasteiger partial charge in [-0.2, -0.15) is 0 Å². The van der Waals surface area contributed by atoms with Gasteiger partial charge in [0, 0.05) is 17.5 Å². The van der Waals surface area contributed by atoms with E-state index in [1.165, 1.54) is 0 Å². The summed E-state index contributed by atoms with van der Waals surface area (Å²) < 4.78 is 11.0. The van der Waals surface area contributed by atoms with Gasteiger partial charge in [0.2, 0.25) is 5.91 Å². The topological polar surface area (TPSA) is 38.8 Å². The number of methoxy groups -OCH3 is 2. The van der Waals surface area contributed by atoms with Crippen molar-refractivity contribution < 1.29 is 14.3 Å². The average molecular weight is 402 g/mol. The number of nitrogens with zero attached hydrogens (tertiary/aromatic N) is 1. The van der Waals surface area contributed by atoms with E-state index in [0.29, 0.717) is 23.1 Å². The molecule has 0 bridgehead atoms. The number of rotatable bonds is 6. The molecule has 150 valence electrons. The SMILES string of the molecule is CCC(CC)C(=O)N1CCc2cc(OC)c(OC)cc2[C@@H]1c1ccccc1Cl. The van der Waals surface area contributed by atoms with Gasteiger partial charge < -0.3 is 14.4 Å². The Balaban J connectivity index is 2.17. The Hall–Kier alpha value is -2.20. The standard InChI is InChI=1S/C23H28ClNO3/c1-5-15(6-2)23(26)25-12-11-16-13-20(27-3)21(28-4)14-18(16)22(25)17-9-7-8-10-19(17)24/h7-10,13-15,22H,5-6,11-12H2,1-4H3/t22-/m0/s1. The minimum atomic E-state index is -0.231. The predicted molar refractivity (Wildman–Crippen MR) is 112 cm³/mol. The smallest absolute Gasteiger partial charge is 0.226 e. The van der Waals surface area contributed by atoms with Crippen molar-refractivity contribution in [3.05, 3.63) is 58.1 Å². The van der Waals surface area contributed by atoms with Gasteiger partial charge in [-0.1, -0.05) is 43.6 Å². The molecule has 2 aromatic rings. The number of hydrogen-bond donors (Lipinski definition) is 0. The summed E-state index contributed by atoms with van der Waals surface area (Å²) in [5.74, 6) is 1.58. The third kappa shape index (κ3) is 3.70. The van der Waals surface area contributed by atoms with E-state index in [2.05, 4.69) is 13.8 Å². The molecular weight excluding hydrogens is 374 g/mol. The van der Waals surface area contributed by atoms with Crippen LogP contribution < -0.4 is 9.47 Å². The van der Waals surface area contributed by atoms with Crippen molar-refractivity contribution in [1.82, 2.24) is 4.90 Å². The molecule has 4 nitrogen and oxygen atoms in total. The Morgan fingerprint density at radius 3 is 2.36 bits per heavy atom. The normalized spacial score (nSPS) is 16.1. The van der Waals surface area contributed by atoms with Crippen molar-refractivity contribution in [3.8, 4) is 11.5 Å². The lowest BCUT2D eigenvalue weighted by Crippen LogP contribution is -2.43. The second-order valence-electron chi connectivity index (χ2n) is 7.13.